The molecule has 1 aromatic carbocycles. The Morgan fingerprint density at radius 3 is 2.24 bits per heavy atom. The number of hydrogen-bond acceptors (Lipinski definition) is 4. The lowest BCUT2D eigenvalue weighted by Gasteiger charge is -2.23. The van der Waals surface area contributed by atoms with Gasteiger partial charge in [-0.15, -0.1) is 0 Å². The highest BCUT2D eigenvalue weighted by molar-refractivity contribution is 5.48. The van der Waals surface area contributed by atoms with Crippen molar-refractivity contribution >= 4 is 5.82 Å². The van der Waals surface area contributed by atoms with Crippen LogP contribution in [0.25, 0.3) is 0 Å². The van der Waals surface area contributed by atoms with Crippen LogP contribution in [0, 0.1) is 37.3 Å². The van der Waals surface area contributed by atoms with Crippen molar-refractivity contribution in [3.63, 3.8) is 0 Å². The first-order chi connectivity index (χ1) is 12.0. The number of likely N-dealkylation sites (tertiary alicyclic amines) is 1. The summed E-state index contributed by atoms with van der Waals surface area (Å²) in [6.45, 7) is 8.57. The Balaban J connectivity index is 1.41. The molecular formula is C19H22F2N4. The lowest BCUT2D eigenvalue weighted by atomic mass is 10.0. The Morgan fingerprint density at radius 2 is 1.60 bits per heavy atom. The van der Waals surface area contributed by atoms with E-state index < -0.39 is 11.6 Å². The standard InChI is InChI=1S/C19H22F2N4/c1-12-13(2)22-11-23-19(12)25-9-15-7-24(8-16(15)10-25)6-14-3-17(20)5-18(21)4-14/h3-5,11,15-16H,6-10H2,1-2H3. The van der Waals surface area contributed by atoms with Gasteiger partial charge in [0.2, 0.25) is 0 Å². The van der Waals surface area contributed by atoms with Gasteiger partial charge >= 0.3 is 0 Å². The second kappa shape index (κ2) is 6.33. The van der Waals surface area contributed by atoms with Crippen molar-refractivity contribution in [1.29, 1.82) is 0 Å². The Bertz CT molecular complexity index is 761. The van der Waals surface area contributed by atoms with Gasteiger partial charge in [-0.25, -0.2) is 18.7 Å². The van der Waals surface area contributed by atoms with Crippen LogP contribution >= 0.6 is 0 Å². The molecule has 2 fully saturated rings. The molecule has 2 unspecified atom stereocenters. The van der Waals surface area contributed by atoms with Crippen LogP contribution in [-0.2, 0) is 6.54 Å². The van der Waals surface area contributed by atoms with Crippen LogP contribution < -0.4 is 4.90 Å². The molecule has 2 aliphatic heterocycles. The van der Waals surface area contributed by atoms with Crippen LogP contribution in [0.4, 0.5) is 14.6 Å². The number of nitrogens with zero attached hydrogens (tertiary/aromatic N) is 4. The molecule has 0 aliphatic carbocycles. The van der Waals surface area contributed by atoms with E-state index in [0.29, 0.717) is 23.9 Å². The summed E-state index contributed by atoms with van der Waals surface area (Å²) in [6, 6.07) is 3.78. The Kier molecular flexibility index (Phi) is 4.15. The fourth-order valence-electron chi connectivity index (χ4n) is 4.20. The molecule has 2 saturated heterocycles. The molecule has 0 amide bonds. The summed E-state index contributed by atoms with van der Waals surface area (Å²) < 4.78 is 26.7. The Hall–Kier alpha value is -2.08. The fourth-order valence-corrected chi connectivity index (χ4v) is 4.20. The molecule has 2 aromatic rings. The molecule has 0 saturated carbocycles. The van der Waals surface area contributed by atoms with E-state index in [1.54, 1.807) is 6.33 Å². The first-order valence-corrected chi connectivity index (χ1v) is 8.70. The van der Waals surface area contributed by atoms with Gasteiger partial charge in [0.25, 0.3) is 0 Å². The van der Waals surface area contributed by atoms with Gasteiger partial charge < -0.3 is 4.90 Å². The maximum atomic E-state index is 13.4. The minimum absolute atomic E-state index is 0.504. The van der Waals surface area contributed by atoms with Gasteiger partial charge in [0.1, 0.15) is 23.8 Å². The number of aryl methyl sites for hydroxylation is 1. The summed E-state index contributed by atoms with van der Waals surface area (Å²) in [5.74, 6) is 1.19. The zero-order valence-corrected chi connectivity index (χ0v) is 14.5. The maximum absolute atomic E-state index is 13.4. The number of rotatable bonds is 3. The molecule has 2 atom stereocenters. The largest absolute Gasteiger partial charge is 0.356 e. The van der Waals surface area contributed by atoms with Crippen molar-refractivity contribution in [2.75, 3.05) is 31.1 Å². The first kappa shape index (κ1) is 16.4. The molecule has 25 heavy (non-hydrogen) atoms. The van der Waals surface area contributed by atoms with Crippen molar-refractivity contribution in [2.24, 2.45) is 11.8 Å². The van der Waals surface area contributed by atoms with Crippen LogP contribution in [0.1, 0.15) is 16.8 Å². The van der Waals surface area contributed by atoms with E-state index in [2.05, 4.69) is 26.7 Å². The molecule has 0 radical (unpaired) electrons. The van der Waals surface area contributed by atoms with Gasteiger partial charge in [-0.05, 0) is 43.4 Å². The average Bonchev–Trinajstić information content (AvgIpc) is 3.07. The minimum atomic E-state index is -0.504. The van der Waals surface area contributed by atoms with E-state index in [1.807, 2.05) is 6.92 Å². The second-order valence-electron chi connectivity index (χ2n) is 7.30. The Labute approximate surface area is 146 Å². The summed E-state index contributed by atoms with van der Waals surface area (Å²) in [7, 11) is 0. The van der Waals surface area contributed by atoms with Crippen LogP contribution in [-0.4, -0.2) is 41.0 Å². The summed E-state index contributed by atoms with van der Waals surface area (Å²) >= 11 is 0. The molecular weight excluding hydrogens is 322 g/mol. The smallest absolute Gasteiger partial charge is 0.135 e. The van der Waals surface area contributed by atoms with E-state index in [-0.39, 0.29) is 0 Å². The van der Waals surface area contributed by atoms with Gasteiger partial charge in [0, 0.05) is 50.0 Å². The van der Waals surface area contributed by atoms with Crippen LogP contribution in [0.3, 0.4) is 0 Å². The molecule has 0 N–H and O–H groups in total. The number of hydrogen-bond donors (Lipinski definition) is 0. The highest BCUT2D eigenvalue weighted by Crippen LogP contribution is 2.35. The minimum Gasteiger partial charge on any atom is -0.356 e. The van der Waals surface area contributed by atoms with Gasteiger partial charge in [0.15, 0.2) is 0 Å². The first-order valence-electron chi connectivity index (χ1n) is 8.70. The summed E-state index contributed by atoms with van der Waals surface area (Å²) in [6.07, 6.45) is 1.64. The molecule has 3 heterocycles. The lowest BCUT2D eigenvalue weighted by Crippen LogP contribution is -2.29. The number of fused-ring (bicyclic) bond motifs is 1. The molecule has 0 spiro atoms. The zero-order chi connectivity index (χ0) is 17.6. The maximum Gasteiger partial charge on any atom is 0.135 e. The van der Waals surface area contributed by atoms with E-state index >= 15 is 0 Å². The van der Waals surface area contributed by atoms with Crippen LogP contribution in [0.5, 0.6) is 0 Å². The van der Waals surface area contributed by atoms with E-state index in [9.17, 15) is 8.78 Å². The van der Waals surface area contributed by atoms with Crippen molar-refractivity contribution in [3.8, 4) is 0 Å². The van der Waals surface area contributed by atoms with Gasteiger partial charge in [-0.2, -0.15) is 0 Å². The van der Waals surface area contributed by atoms with E-state index in [1.165, 1.54) is 12.1 Å². The lowest BCUT2D eigenvalue weighted by molar-refractivity contribution is 0.307. The number of halogens is 2. The highest BCUT2D eigenvalue weighted by Gasteiger charge is 2.40. The highest BCUT2D eigenvalue weighted by atomic mass is 19.1. The van der Waals surface area contributed by atoms with Crippen molar-refractivity contribution in [1.82, 2.24) is 14.9 Å². The second-order valence-corrected chi connectivity index (χ2v) is 7.30. The van der Waals surface area contributed by atoms with E-state index in [4.69, 9.17) is 0 Å². The molecule has 2 aliphatic rings. The Morgan fingerprint density at radius 1 is 0.960 bits per heavy atom. The molecule has 6 heteroatoms. The normalized spacial score (nSPS) is 23.3. The van der Waals surface area contributed by atoms with E-state index in [0.717, 1.165) is 49.3 Å². The predicted octanol–water partition coefficient (Wildman–Crippen LogP) is 2.94. The molecule has 4 rings (SSSR count). The number of anilines is 1. The SMILES string of the molecule is Cc1ncnc(N2CC3CN(Cc4cc(F)cc(F)c4)CC3C2)c1C. The van der Waals surface area contributed by atoms with Crippen LogP contribution in [0.15, 0.2) is 24.5 Å². The number of benzene rings is 1. The third-order valence-corrected chi connectivity index (χ3v) is 5.50. The van der Waals surface area contributed by atoms with Crippen molar-refractivity contribution in [3.05, 3.63) is 53.0 Å². The van der Waals surface area contributed by atoms with Gasteiger partial charge in [-0.3, -0.25) is 4.90 Å². The molecule has 132 valence electrons. The molecule has 1 aromatic heterocycles. The average molecular weight is 344 g/mol. The summed E-state index contributed by atoms with van der Waals surface area (Å²) in [4.78, 5) is 13.4. The predicted molar refractivity (Wildman–Crippen MR) is 92.3 cm³/mol. The summed E-state index contributed by atoms with van der Waals surface area (Å²) in [5.41, 5.74) is 2.88. The van der Waals surface area contributed by atoms with Gasteiger partial charge in [-0.1, -0.05) is 0 Å². The zero-order valence-electron chi connectivity index (χ0n) is 14.5. The summed E-state index contributed by atoms with van der Waals surface area (Å²) in [5, 5.41) is 0. The quantitative estimate of drug-likeness (QED) is 0.857. The van der Waals surface area contributed by atoms with Crippen molar-refractivity contribution < 1.29 is 8.78 Å². The third kappa shape index (κ3) is 3.23. The number of aromatic nitrogens is 2. The molecule has 0 bridgehead atoms. The van der Waals surface area contributed by atoms with Crippen molar-refractivity contribution in [2.45, 2.75) is 20.4 Å². The monoisotopic (exact) mass is 344 g/mol. The topological polar surface area (TPSA) is 32.3 Å². The third-order valence-electron chi connectivity index (χ3n) is 5.50. The van der Waals surface area contributed by atoms with Crippen LogP contribution in [0.2, 0.25) is 0 Å². The van der Waals surface area contributed by atoms with Gasteiger partial charge in [0.05, 0.1) is 0 Å². The fraction of sp³-hybridized carbons (Fsp3) is 0.474. The molecule has 4 nitrogen and oxygen atoms in total.